The average molecular weight is 435 g/mol. The fourth-order valence-electron chi connectivity index (χ4n) is 2.39. The number of carbonyl (C=O) groups excluding carboxylic acids is 1. The second-order valence-corrected chi connectivity index (χ2v) is 9.46. The molecule has 25 heavy (non-hydrogen) atoms. The Morgan fingerprint density at radius 1 is 1.16 bits per heavy atom. The number of amides is 1. The van der Waals surface area contributed by atoms with Crippen LogP contribution < -0.4 is 4.74 Å². The molecule has 0 radical (unpaired) electrons. The molecule has 1 aliphatic heterocycles. The maximum atomic E-state index is 12.8. The van der Waals surface area contributed by atoms with Crippen molar-refractivity contribution in [1.29, 1.82) is 0 Å². The van der Waals surface area contributed by atoms with E-state index in [-0.39, 0.29) is 18.0 Å². The van der Waals surface area contributed by atoms with E-state index in [0.29, 0.717) is 23.3 Å². The molecular formula is C16H23BrN2O5S. The molecule has 0 spiro atoms. The molecule has 1 fully saturated rings. The zero-order chi connectivity index (χ0) is 18.8. The quantitative estimate of drug-likeness (QED) is 0.730. The molecule has 0 saturated carbocycles. The number of hydrogen-bond donors (Lipinski definition) is 0. The third-order valence-electron chi connectivity index (χ3n) is 3.65. The van der Waals surface area contributed by atoms with E-state index in [1.165, 1.54) is 28.4 Å². The van der Waals surface area contributed by atoms with Gasteiger partial charge in [-0.2, -0.15) is 4.31 Å². The van der Waals surface area contributed by atoms with Gasteiger partial charge in [0.1, 0.15) is 11.4 Å². The van der Waals surface area contributed by atoms with Crippen LogP contribution in [0.15, 0.2) is 27.6 Å². The van der Waals surface area contributed by atoms with Crippen LogP contribution in [0.2, 0.25) is 0 Å². The minimum atomic E-state index is -3.62. The zero-order valence-electron chi connectivity index (χ0n) is 14.8. The summed E-state index contributed by atoms with van der Waals surface area (Å²) in [5.41, 5.74) is -0.574. The van der Waals surface area contributed by atoms with E-state index in [9.17, 15) is 13.2 Å². The van der Waals surface area contributed by atoms with Crippen LogP contribution in [0.5, 0.6) is 5.75 Å². The summed E-state index contributed by atoms with van der Waals surface area (Å²) in [4.78, 5) is 13.8. The Labute approximate surface area is 157 Å². The zero-order valence-corrected chi connectivity index (χ0v) is 17.2. The predicted octanol–water partition coefficient (Wildman–Crippen LogP) is 2.70. The van der Waals surface area contributed by atoms with Gasteiger partial charge in [-0.3, -0.25) is 0 Å². The van der Waals surface area contributed by atoms with Crippen molar-refractivity contribution in [1.82, 2.24) is 9.21 Å². The van der Waals surface area contributed by atoms with Gasteiger partial charge in [-0.25, -0.2) is 13.2 Å². The largest absolute Gasteiger partial charge is 0.496 e. The van der Waals surface area contributed by atoms with Gasteiger partial charge in [0.2, 0.25) is 10.0 Å². The topological polar surface area (TPSA) is 76.2 Å². The maximum Gasteiger partial charge on any atom is 0.410 e. The normalized spacial score (nSPS) is 16.6. The smallest absolute Gasteiger partial charge is 0.410 e. The van der Waals surface area contributed by atoms with E-state index in [1.807, 2.05) is 0 Å². The van der Waals surface area contributed by atoms with Crippen LogP contribution >= 0.6 is 15.9 Å². The van der Waals surface area contributed by atoms with Gasteiger partial charge in [0.05, 0.1) is 16.5 Å². The van der Waals surface area contributed by atoms with Crippen molar-refractivity contribution in [3.8, 4) is 5.75 Å². The second-order valence-electron chi connectivity index (χ2n) is 6.67. The number of sulfonamides is 1. The minimum Gasteiger partial charge on any atom is -0.496 e. The summed E-state index contributed by atoms with van der Waals surface area (Å²) in [5.74, 6) is 0.564. The molecule has 0 atom stereocenters. The summed E-state index contributed by atoms with van der Waals surface area (Å²) >= 11 is 3.30. The summed E-state index contributed by atoms with van der Waals surface area (Å²) in [7, 11) is -2.11. The molecule has 0 bridgehead atoms. The van der Waals surface area contributed by atoms with Gasteiger partial charge < -0.3 is 14.4 Å². The maximum absolute atomic E-state index is 12.8. The van der Waals surface area contributed by atoms with E-state index >= 15 is 0 Å². The number of methoxy groups -OCH3 is 1. The van der Waals surface area contributed by atoms with Crippen molar-refractivity contribution in [2.45, 2.75) is 31.3 Å². The average Bonchev–Trinajstić information content (AvgIpc) is 2.53. The molecule has 140 valence electrons. The first-order valence-electron chi connectivity index (χ1n) is 7.86. The Hall–Kier alpha value is -1.32. The molecule has 1 aromatic carbocycles. The van der Waals surface area contributed by atoms with Crippen molar-refractivity contribution in [2.24, 2.45) is 0 Å². The number of piperazine rings is 1. The molecular weight excluding hydrogens is 412 g/mol. The number of benzene rings is 1. The Morgan fingerprint density at radius 3 is 2.24 bits per heavy atom. The molecule has 1 heterocycles. The first-order valence-corrected chi connectivity index (χ1v) is 10.1. The van der Waals surface area contributed by atoms with E-state index < -0.39 is 21.7 Å². The molecule has 0 aliphatic carbocycles. The summed E-state index contributed by atoms with van der Waals surface area (Å²) < 4.78 is 37.9. The first kappa shape index (κ1) is 20.0. The number of nitrogens with zero attached hydrogens (tertiary/aromatic N) is 2. The number of carbonyl (C=O) groups is 1. The molecule has 1 saturated heterocycles. The van der Waals surface area contributed by atoms with E-state index in [0.717, 1.165) is 0 Å². The Balaban J connectivity index is 2.06. The minimum absolute atomic E-state index is 0.186. The third-order valence-corrected chi connectivity index (χ3v) is 6.17. The predicted molar refractivity (Wildman–Crippen MR) is 97.3 cm³/mol. The molecule has 1 aromatic rings. The van der Waals surface area contributed by atoms with Crippen LogP contribution in [0, 0.1) is 0 Å². The molecule has 0 aromatic heterocycles. The molecule has 7 nitrogen and oxygen atoms in total. The van der Waals surface area contributed by atoms with Crippen LogP contribution in [-0.4, -0.2) is 62.6 Å². The lowest BCUT2D eigenvalue weighted by molar-refractivity contribution is 0.0192. The summed E-state index contributed by atoms with van der Waals surface area (Å²) in [5, 5.41) is 0. The number of halogens is 1. The lowest BCUT2D eigenvalue weighted by Crippen LogP contribution is -2.51. The van der Waals surface area contributed by atoms with Crippen molar-refractivity contribution in [2.75, 3.05) is 33.3 Å². The Morgan fingerprint density at radius 2 is 1.76 bits per heavy atom. The molecule has 1 amide bonds. The first-order chi connectivity index (χ1) is 11.5. The Kier molecular flexibility index (Phi) is 6.01. The molecule has 0 N–H and O–H groups in total. The highest BCUT2D eigenvalue weighted by Gasteiger charge is 2.32. The van der Waals surface area contributed by atoms with Gasteiger partial charge in [0, 0.05) is 26.2 Å². The summed E-state index contributed by atoms with van der Waals surface area (Å²) in [6.07, 6.45) is -0.420. The van der Waals surface area contributed by atoms with Gasteiger partial charge in [-0.05, 0) is 54.9 Å². The van der Waals surface area contributed by atoms with Gasteiger partial charge in [0.25, 0.3) is 0 Å². The highest BCUT2D eigenvalue weighted by molar-refractivity contribution is 9.10. The van der Waals surface area contributed by atoms with Crippen LogP contribution in [0.1, 0.15) is 20.8 Å². The van der Waals surface area contributed by atoms with Crippen molar-refractivity contribution in [3.05, 3.63) is 22.7 Å². The third kappa shape index (κ3) is 4.86. The van der Waals surface area contributed by atoms with Gasteiger partial charge in [-0.1, -0.05) is 0 Å². The fourth-order valence-corrected chi connectivity index (χ4v) is 4.54. The highest BCUT2D eigenvalue weighted by Crippen LogP contribution is 2.29. The van der Waals surface area contributed by atoms with Gasteiger partial charge in [0.15, 0.2) is 0 Å². The number of rotatable bonds is 3. The number of hydrogen-bond acceptors (Lipinski definition) is 5. The number of ether oxygens (including phenoxy) is 2. The van der Waals surface area contributed by atoms with Crippen molar-refractivity contribution in [3.63, 3.8) is 0 Å². The highest BCUT2D eigenvalue weighted by atomic mass is 79.9. The van der Waals surface area contributed by atoms with Gasteiger partial charge >= 0.3 is 6.09 Å². The van der Waals surface area contributed by atoms with Gasteiger partial charge in [-0.15, -0.1) is 0 Å². The van der Waals surface area contributed by atoms with Crippen molar-refractivity contribution < 1.29 is 22.7 Å². The monoisotopic (exact) mass is 434 g/mol. The van der Waals surface area contributed by atoms with Crippen LogP contribution in [0.4, 0.5) is 4.79 Å². The summed E-state index contributed by atoms with van der Waals surface area (Å²) in [6, 6.07) is 4.64. The van der Waals surface area contributed by atoms with Crippen molar-refractivity contribution >= 4 is 32.0 Å². The molecule has 9 heteroatoms. The Bertz CT molecular complexity index is 737. The second kappa shape index (κ2) is 7.51. The fraction of sp³-hybridized carbons (Fsp3) is 0.562. The van der Waals surface area contributed by atoms with Crippen LogP contribution in [0.25, 0.3) is 0 Å². The lowest BCUT2D eigenvalue weighted by atomic mass is 10.2. The van der Waals surface area contributed by atoms with E-state index in [2.05, 4.69) is 15.9 Å². The molecule has 2 rings (SSSR count). The van der Waals surface area contributed by atoms with E-state index in [1.54, 1.807) is 26.8 Å². The standard InChI is InChI=1S/C16H23BrN2O5S/c1-16(2,3)24-15(20)18-7-9-19(10-8-18)25(21,22)12-5-6-14(23-4)13(17)11-12/h5-6,11H,7-10H2,1-4H3. The lowest BCUT2D eigenvalue weighted by Gasteiger charge is -2.35. The van der Waals surface area contributed by atoms with Crippen LogP contribution in [-0.2, 0) is 14.8 Å². The molecule has 1 aliphatic rings. The molecule has 0 unspecified atom stereocenters. The van der Waals surface area contributed by atoms with E-state index in [4.69, 9.17) is 9.47 Å². The summed E-state index contributed by atoms with van der Waals surface area (Å²) in [6.45, 7) is 6.45. The SMILES string of the molecule is COc1ccc(S(=O)(=O)N2CCN(C(=O)OC(C)(C)C)CC2)cc1Br. The van der Waals surface area contributed by atoms with Crippen LogP contribution in [0.3, 0.4) is 0 Å².